The summed E-state index contributed by atoms with van der Waals surface area (Å²) in [5.74, 6) is -1.26. The molecule has 1 heterocycles. The summed E-state index contributed by atoms with van der Waals surface area (Å²) in [5, 5.41) is 20.0. The Kier molecular flexibility index (Phi) is 3.98. The van der Waals surface area contributed by atoms with E-state index in [9.17, 15) is 14.9 Å². The van der Waals surface area contributed by atoms with Gasteiger partial charge in [0.05, 0.1) is 12.0 Å². The zero-order chi connectivity index (χ0) is 15.4. The predicted molar refractivity (Wildman–Crippen MR) is 70.9 cm³/mol. The van der Waals surface area contributed by atoms with Crippen LogP contribution in [0.4, 0.5) is 5.69 Å². The highest BCUT2D eigenvalue weighted by Gasteiger charge is 2.20. The van der Waals surface area contributed by atoms with Gasteiger partial charge in [-0.25, -0.2) is 9.78 Å². The van der Waals surface area contributed by atoms with Crippen LogP contribution in [0, 0.1) is 10.1 Å². The van der Waals surface area contributed by atoms with E-state index < -0.39 is 10.9 Å². The molecular weight excluding hydrogens is 280 g/mol. The minimum absolute atomic E-state index is 0.0938. The lowest BCUT2D eigenvalue weighted by atomic mass is 10.2. The van der Waals surface area contributed by atoms with Crippen LogP contribution < -0.4 is 9.47 Å². The number of rotatable bonds is 5. The molecule has 0 spiro atoms. The summed E-state index contributed by atoms with van der Waals surface area (Å²) in [6.45, 7) is 0. The summed E-state index contributed by atoms with van der Waals surface area (Å²) in [5.41, 5.74) is -0.521. The van der Waals surface area contributed by atoms with Gasteiger partial charge in [-0.2, -0.15) is 0 Å². The maximum Gasteiger partial charge on any atom is 0.339 e. The predicted octanol–water partition coefficient (Wildman–Crippen LogP) is 2.49. The number of ether oxygens (including phenoxy) is 2. The van der Waals surface area contributed by atoms with Gasteiger partial charge in [-0.3, -0.25) is 10.1 Å². The van der Waals surface area contributed by atoms with E-state index in [-0.39, 0.29) is 22.9 Å². The van der Waals surface area contributed by atoms with Crippen LogP contribution in [0.1, 0.15) is 10.4 Å². The molecule has 108 valence electrons. The van der Waals surface area contributed by atoms with E-state index in [0.29, 0.717) is 5.75 Å². The fourth-order valence-electron chi connectivity index (χ4n) is 1.59. The molecule has 1 aromatic carbocycles. The summed E-state index contributed by atoms with van der Waals surface area (Å²) in [6, 6.07) is 6.65. The molecule has 0 aliphatic rings. The fraction of sp³-hybridized carbons (Fsp3) is 0.0769. The van der Waals surface area contributed by atoms with Crippen molar-refractivity contribution in [3.05, 3.63) is 52.2 Å². The Labute approximate surface area is 118 Å². The lowest BCUT2D eigenvalue weighted by Crippen LogP contribution is -2.02. The van der Waals surface area contributed by atoms with Crippen molar-refractivity contribution in [3.63, 3.8) is 0 Å². The van der Waals surface area contributed by atoms with Crippen molar-refractivity contribution in [2.75, 3.05) is 7.11 Å². The van der Waals surface area contributed by atoms with Crippen molar-refractivity contribution in [1.82, 2.24) is 4.98 Å². The molecule has 0 aliphatic heterocycles. The zero-order valence-corrected chi connectivity index (χ0v) is 10.8. The fourth-order valence-corrected chi connectivity index (χ4v) is 1.59. The van der Waals surface area contributed by atoms with Crippen molar-refractivity contribution in [2.45, 2.75) is 0 Å². The normalized spacial score (nSPS) is 9.95. The van der Waals surface area contributed by atoms with E-state index >= 15 is 0 Å². The van der Waals surface area contributed by atoms with Crippen LogP contribution in [0.2, 0.25) is 0 Å². The molecule has 2 rings (SSSR count). The lowest BCUT2D eigenvalue weighted by Gasteiger charge is -2.09. The topological polar surface area (TPSA) is 112 Å². The average molecular weight is 290 g/mol. The third-order valence-electron chi connectivity index (χ3n) is 2.57. The number of hydrogen-bond donors (Lipinski definition) is 1. The minimum Gasteiger partial charge on any atom is -0.497 e. The molecular formula is C13H10N2O6. The number of benzene rings is 1. The molecule has 0 radical (unpaired) electrons. The molecule has 1 aromatic heterocycles. The largest absolute Gasteiger partial charge is 0.497 e. The molecule has 0 saturated carbocycles. The number of hydrogen-bond acceptors (Lipinski definition) is 6. The Morgan fingerprint density at radius 1 is 1.38 bits per heavy atom. The molecule has 8 nitrogen and oxygen atoms in total. The van der Waals surface area contributed by atoms with E-state index in [1.807, 2.05) is 0 Å². The van der Waals surface area contributed by atoms with Gasteiger partial charge in [0, 0.05) is 18.3 Å². The van der Waals surface area contributed by atoms with Crippen LogP contribution in [0.5, 0.6) is 17.4 Å². The van der Waals surface area contributed by atoms with Crippen LogP contribution in [0.25, 0.3) is 0 Å². The van der Waals surface area contributed by atoms with Gasteiger partial charge in [-0.15, -0.1) is 0 Å². The Morgan fingerprint density at radius 2 is 2.14 bits per heavy atom. The Balaban J connectivity index is 2.48. The highest BCUT2D eigenvalue weighted by Crippen LogP contribution is 2.32. The number of nitro groups is 1. The number of aromatic nitrogens is 1. The van der Waals surface area contributed by atoms with Gasteiger partial charge in [0.1, 0.15) is 17.1 Å². The van der Waals surface area contributed by atoms with Gasteiger partial charge in [0.25, 0.3) is 5.88 Å². The van der Waals surface area contributed by atoms with Crippen molar-refractivity contribution in [1.29, 1.82) is 0 Å². The van der Waals surface area contributed by atoms with E-state index in [4.69, 9.17) is 14.6 Å². The molecule has 0 saturated heterocycles. The summed E-state index contributed by atoms with van der Waals surface area (Å²) in [6.07, 6.45) is 1.31. The number of aromatic carboxylic acids is 1. The number of nitrogens with zero attached hydrogens (tertiary/aromatic N) is 2. The van der Waals surface area contributed by atoms with Crippen LogP contribution in [0.15, 0.2) is 36.5 Å². The second-order valence-electron chi connectivity index (χ2n) is 3.85. The number of carboxylic acids is 1. The Bertz CT molecular complexity index is 701. The monoisotopic (exact) mass is 290 g/mol. The van der Waals surface area contributed by atoms with Gasteiger partial charge in [0.2, 0.25) is 0 Å². The molecule has 0 bridgehead atoms. The van der Waals surface area contributed by atoms with E-state index in [1.54, 1.807) is 0 Å². The molecule has 0 amide bonds. The maximum absolute atomic E-state index is 11.2. The molecule has 0 unspecified atom stereocenters. The molecule has 0 fully saturated rings. The molecule has 21 heavy (non-hydrogen) atoms. The Hall–Kier alpha value is -3.16. The first kappa shape index (κ1) is 14.3. The number of pyridine rings is 1. The number of carboxylic acid groups (broad SMARTS) is 1. The lowest BCUT2D eigenvalue weighted by molar-refractivity contribution is -0.386. The minimum atomic E-state index is -1.23. The molecule has 0 atom stereocenters. The van der Waals surface area contributed by atoms with Crippen molar-refractivity contribution in [3.8, 4) is 17.4 Å². The van der Waals surface area contributed by atoms with Gasteiger partial charge in [-0.1, -0.05) is 0 Å². The molecule has 1 N–H and O–H groups in total. The second kappa shape index (κ2) is 5.87. The van der Waals surface area contributed by atoms with Crippen LogP contribution in [-0.2, 0) is 0 Å². The average Bonchev–Trinajstić information content (AvgIpc) is 2.47. The van der Waals surface area contributed by atoms with E-state index in [2.05, 4.69) is 4.98 Å². The zero-order valence-electron chi connectivity index (χ0n) is 10.8. The van der Waals surface area contributed by atoms with Gasteiger partial charge >= 0.3 is 11.7 Å². The first-order valence-corrected chi connectivity index (χ1v) is 5.71. The third kappa shape index (κ3) is 3.06. The van der Waals surface area contributed by atoms with Gasteiger partial charge in [-0.05, 0) is 18.2 Å². The van der Waals surface area contributed by atoms with E-state index in [1.165, 1.54) is 43.6 Å². The number of methoxy groups -OCH3 is 1. The quantitative estimate of drug-likeness (QED) is 0.664. The van der Waals surface area contributed by atoms with Crippen molar-refractivity contribution in [2.24, 2.45) is 0 Å². The molecule has 0 aliphatic carbocycles. The van der Waals surface area contributed by atoms with Crippen LogP contribution in [-0.4, -0.2) is 28.1 Å². The van der Waals surface area contributed by atoms with Crippen molar-refractivity contribution < 1.29 is 24.3 Å². The SMILES string of the molecule is COc1ccc(C(=O)O)c(Oc2ncccc2[N+](=O)[O-])c1. The summed E-state index contributed by atoms with van der Waals surface area (Å²) in [4.78, 5) is 25.1. The highest BCUT2D eigenvalue weighted by molar-refractivity contribution is 5.91. The maximum atomic E-state index is 11.2. The third-order valence-corrected chi connectivity index (χ3v) is 2.57. The van der Waals surface area contributed by atoms with Gasteiger partial charge < -0.3 is 14.6 Å². The van der Waals surface area contributed by atoms with E-state index in [0.717, 1.165) is 0 Å². The molecule has 8 heteroatoms. The van der Waals surface area contributed by atoms with Crippen LogP contribution >= 0.6 is 0 Å². The second-order valence-corrected chi connectivity index (χ2v) is 3.85. The van der Waals surface area contributed by atoms with Gasteiger partial charge in [0.15, 0.2) is 0 Å². The van der Waals surface area contributed by atoms with Crippen molar-refractivity contribution >= 4 is 11.7 Å². The molecule has 2 aromatic rings. The smallest absolute Gasteiger partial charge is 0.339 e. The van der Waals surface area contributed by atoms with Crippen LogP contribution in [0.3, 0.4) is 0 Å². The summed E-state index contributed by atoms with van der Waals surface area (Å²) >= 11 is 0. The summed E-state index contributed by atoms with van der Waals surface area (Å²) < 4.78 is 10.3. The number of carbonyl (C=O) groups is 1. The summed E-state index contributed by atoms with van der Waals surface area (Å²) in [7, 11) is 1.41. The standard InChI is InChI=1S/C13H10N2O6/c1-20-8-4-5-9(13(16)17)11(7-8)21-12-10(15(18)19)3-2-6-14-12/h2-7H,1H3,(H,16,17). The highest BCUT2D eigenvalue weighted by atomic mass is 16.6. The first-order valence-electron chi connectivity index (χ1n) is 5.71. The Morgan fingerprint density at radius 3 is 2.76 bits per heavy atom. The first-order chi connectivity index (χ1) is 10.0.